The van der Waals surface area contributed by atoms with E-state index < -0.39 is 0 Å². The number of benzene rings is 2. The number of aromatic amines is 1. The molecule has 0 bridgehead atoms. The number of aromatic nitrogens is 1. The van der Waals surface area contributed by atoms with Gasteiger partial charge in [0.05, 0.1) is 0 Å². The molecule has 0 saturated carbocycles. The molecule has 2 aromatic carbocycles. The molecule has 1 saturated heterocycles. The molecule has 0 atom stereocenters. The summed E-state index contributed by atoms with van der Waals surface area (Å²) in [6.45, 7) is 3.74. The topological polar surface area (TPSA) is 65.6 Å². The first-order valence-corrected chi connectivity index (χ1v) is 10.9. The molecule has 0 spiro atoms. The maximum absolute atomic E-state index is 12.4. The van der Waals surface area contributed by atoms with Crippen molar-refractivity contribution in [3.8, 4) is 0 Å². The smallest absolute Gasteiger partial charge is 0.306 e. The van der Waals surface area contributed by atoms with Crippen LogP contribution in [0.2, 0.25) is 0 Å². The standard InChI is InChI=1S/C25H29N3O3/c29-24(28-15-13-27(14-16-28)18-20-7-2-1-3-8-20)19-31-25(30)12-6-9-21-17-26-23-11-5-4-10-22(21)23/h1-5,7-8,10-11,17,26H,6,9,12-16,18-19H2. The number of ether oxygens (including phenoxy) is 1. The van der Waals surface area contributed by atoms with Gasteiger partial charge in [-0.15, -0.1) is 0 Å². The molecule has 0 aliphatic carbocycles. The lowest BCUT2D eigenvalue weighted by Crippen LogP contribution is -2.49. The first kappa shape index (κ1) is 21.1. The lowest BCUT2D eigenvalue weighted by Gasteiger charge is -2.34. The van der Waals surface area contributed by atoms with Gasteiger partial charge in [0.15, 0.2) is 6.61 Å². The molecule has 6 nitrogen and oxygen atoms in total. The minimum atomic E-state index is -0.309. The van der Waals surface area contributed by atoms with Gasteiger partial charge in [0.25, 0.3) is 5.91 Å². The van der Waals surface area contributed by atoms with E-state index in [0.29, 0.717) is 25.9 Å². The monoisotopic (exact) mass is 419 g/mol. The van der Waals surface area contributed by atoms with Crippen molar-refractivity contribution in [2.75, 3.05) is 32.8 Å². The van der Waals surface area contributed by atoms with Crippen molar-refractivity contribution in [3.63, 3.8) is 0 Å². The van der Waals surface area contributed by atoms with Crippen LogP contribution in [0.15, 0.2) is 60.8 Å². The number of esters is 1. The van der Waals surface area contributed by atoms with Gasteiger partial charge in [-0.2, -0.15) is 0 Å². The highest BCUT2D eigenvalue weighted by molar-refractivity contribution is 5.83. The summed E-state index contributed by atoms with van der Waals surface area (Å²) in [5.74, 6) is -0.416. The fourth-order valence-corrected chi connectivity index (χ4v) is 4.06. The Hall–Kier alpha value is -3.12. The van der Waals surface area contributed by atoms with Gasteiger partial charge in [0.1, 0.15) is 0 Å². The van der Waals surface area contributed by atoms with E-state index in [1.165, 1.54) is 16.5 Å². The zero-order valence-electron chi connectivity index (χ0n) is 17.8. The zero-order chi connectivity index (χ0) is 21.5. The van der Waals surface area contributed by atoms with Crippen LogP contribution in [-0.4, -0.2) is 59.4 Å². The van der Waals surface area contributed by atoms with E-state index in [-0.39, 0.29) is 18.5 Å². The highest BCUT2D eigenvalue weighted by atomic mass is 16.5. The summed E-state index contributed by atoms with van der Waals surface area (Å²) < 4.78 is 5.23. The number of carbonyl (C=O) groups is 2. The van der Waals surface area contributed by atoms with Crippen molar-refractivity contribution < 1.29 is 14.3 Å². The average Bonchev–Trinajstić information content (AvgIpc) is 3.22. The molecule has 1 fully saturated rings. The fourth-order valence-electron chi connectivity index (χ4n) is 4.06. The predicted molar refractivity (Wildman–Crippen MR) is 120 cm³/mol. The van der Waals surface area contributed by atoms with E-state index in [1.807, 2.05) is 42.6 Å². The average molecular weight is 420 g/mol. The highest BCUT2D eigenvalue weighted by Crippen LogP contribution is 2.19. The number of H-pyrrole nitrogens is 1. The van der Waals surface area contributed by atoms with Gasteiger partial charge in [0, 0.05) is 56.2 Å². The first-order valence-electron chi connectivity index (χ1n) is 10.9. The second-order valence-corrected chi connectivity index (χ2v) is 8.02. The Bertz CT molecular complexity index is 1010. The van der Waals surface area contributed by atoms with Crippen LogP contribution in [0.5, 0.6) is 0 Å². The predicted octanol–water partition coefficient (Wildman–Crippen LogP) is 3.38. The number of nitrogens with one attached hydrogen (secondary N) is 1. The van der Waals surface area contributed by atoms with Crippen molar-refractivity contribution in [1.82, 2.24) is 14.8 Å². The van der Waals surface area contributed by atoms with Crippen LogP contribution >= 0.6 is 0 Å². The molecule has 2 heterocycles. The Balaban J connectivity index is 1.13. The minimum absolute atomic E-state index is 0.107. The van der Waals surface area contributed by atoms with Crippen LogP contribution in [0, 0.1) is 0 Å². The molecule has 1 N–H and O–H groups in total. The van der Waals surface area contributed by atoms with Crippen LogP contribution in [0.3, 0.4) is 0 Å². The number of para-hydroxylation sites is 1. The van der Waals surface area contributed by atoms with E-state index in [1.54, 1.807) is 4.90 Å². The Kier molecular flexibility index (Phi) is 6.99. The number of piperazine rings is 1. The summed E-state index contributed by atoms with van der Waals surface area (Å²) in [4.78, 5) is 31.9. The number of aryl methyl sites for hydroxylation is 1. The molecule has 1 aromatic heterocycles. The summed E-state index contributed by atoms with van der Waals surface area (Å²) in [6.07, 6.45) is 3.82. The summed E-state index contributed by atoms with van der Waals surface area (Å²) in [7, 11) is 0. The molecule has 0 radical (unpaired) electrons. The maximum Gasteiger partial charge on any atom is 0.306 e. The van der Waals surface area contributed by atoms with Gasteiger partial charge >= 0.3 is 5.97 Å². The summed E-state index contributed by atoms with van der Waals surface area (Å²) >= 11 is 0. The molecule has 1 aliphatic rings. The summed E-state index contributed by atoms with van der Waals surface area (Å²) in [6, 6.07) is 18.5. The molecule has 1 amide bonds. The number of fused-ring (bicyclic) bond motifs is 1. The lowest BCUT2D eigenvalue weighted by atomic mass is 10.1. The molecule has 162 valence electrons. The fraction of sp³-hybridized carbons (Fsp3) is 0.360. The van der Waals surface area contributed by atoms with Gasteiger partial charge in [0.2, 0.25) is 0 Å². The van der Waals surface area contributed by atoms with Gasteiger partial charge in [-0.05, 0) is 30.0 Å². The number of hydrogen-bond donors (Lipinski definition) is 1. The second kappa shape index (κ2) is 10.3. The third kappa shape index (κ3) is 5.73. The molecule has 6 heteroatoms. The van der Waals surface area contributed by atoms with Crippen molar-refractivity contribution in [3.05, 3.63) is 71.9 Å². The normalized spacial score (nSPS) is 14.6. The number of carbonyl (C=O) groups excluding carboxylic acids is 2. The third-order valence-electron chi connectivity index (χ3n) is 5.83. The second-order valence-electron chi connectivity index (χ2n) is 8.02. The summed E-state index contributed by atoms with van der Waals surface area (Å²) in [5, 5.41) is 1.19. The van der Waals surface area contributed by atoms with Gasteiger partial charge in [-0.25, -0.2) is 0 Å². The van der Waals surface area contributed by atoms with Crippen LogP contribution in [0.1, 0.15) is 24.0 Å². The Morgan fingerprint density at radius 2 is 1.68 bits per heavy atom. The number of rotatable bonds is 8. The van der Waals surface area contributed by atoms with Gasteiger partial charge in [-0.3, -0.25) is 14.5 Å². The SMILES string of the molecule is O=C(CCCc1c[nH]c2ccccc12)OCC(=O)N1CCN(Cc2ccccc2)CC1. The first-order chi connectivity index (χ1) is 15.2. The molecule has 4 rings (SSSR count). The van der Waals surface area contributed by atoms with Gasteiger partial charge < -0.3 is 14.6 Å². The Labute approximate surface area is 182 Å². The number of nitrogens with zero attached hydrogens (tertiary/aromatic N) is 2. The maximum atomic E-state index is 12.4. The highest BCUT2D eigenvalue weighted by Gasteiger charge is 2.22. The molecular weight excluding hydrogens is 390 g/mol. The molecular formula is C25H29N3O3. The Morgan fingerprint density at radius 1 is 0.935 bits per heavy atom. The largest absolute Gasteiger partial charge is 0.456 e. The lowest BCUT2D eigenvalue weighted by molar-refractivity contribution is -0.152. The van der Waals surface area contributed by atoms with Crippen molar-refractivity contribution in [2.24, 2.45) is 0 Å². The van der Waals surface area contributed by atoms with Crippen molar-refractivity contribution in [1.29, 1.82) is 0 Å². The zero-order valence-corrected chi connectivity index (χ0v) is 17.8. The van der Waals surface area contributed by atoms with Gasteiger partial charge in [-0.1, -0.05) is 48.5 Å². The van der Waals surface area contributed by atoms with Crippen LogP contribution in [0.4, 0.5) is 0 Å². The van der Waals surface area contributed by atoms with E-state index in [2.05, 4.69) is 28.1 Å². The number of amides is 1. The Morgan fingerprint density at radius 3 is 2.48 bits per heavy atom. The minimum Gasteiger partial charge on any atom is -0.456 e. The van der Waals surface area contributed by atoms with Crippen molar-refractivity contribution in [2.45, 2.75) is 25.8 Å². The molecule has 31 heavy (non-hydrogen) atoms. The van der Waals surface area contributed by atoms with Crippen molar-refractivity contribution >= 4 is 22.8 Å². The quantitative estimate of drug-likeness (QED) is 0.569. The molecule has 1 aliphatic heterocycles. The summed E-state index contributed by atoms with van der Waals surface area (Å²) in [5.41, 5.74) is 3.59. The van der Waals surface area contributed by atoms with E-state index in [0.717, 1.165) is 31.6 Å². The molecule has 3 aromatic rings. The van der Waals surface area contributed by atoms with E-state index in [4.69, 9.17) is 4.74 Å². The third-order valence-corrected chi connectivity index (χ3v) is 5.83. The molecule has 0 unspecified atom stereocenters. The van der Waals surface area contributed by atoms with Crippen LogP contribution in [-0.2, 0) is 27.3 Å². The van der Waals surface area contributed by atoms with Crippen LogP contribution < -0.4 is 0 Å². The van der Waals surface area contributed by atoms with Crippen LogP contribution in [0.25, 0.3) is 10.9 Å². The van der Waals surface area contributed by atoms with E-state index in [9.17, 15) is 9.59 Å². The van der Waals surface area contributed by atoms with E-state index >= 15 is 0 Å². The number of hydrogen-bond acceptors (Lipinski definition) is 4.